The van der Waals surface area contributed by atoms with Gasteiger partial charge in [-0.1, -0.05) is 48.0 Å². The first kappa shape index (κ1) is 22.4. The van der Waals surface area contributed by atoms with Gasteiger partial charge in [0, 0.05) is 42.6 Å². The molecule has 7 nitrogen and oxygen atoms in total. The first-order chi connectivity index (χ1) is 17.0. The summed E-state index contributed by atoms with van der Waals surface area (Å²) in [5.41, 5.74) is 3.91. The number of aromatic amines is 1. The van der Waals surface area contributed by atoms with Crippen LogP contribution in [0.3, 0.4) is 0 Å². The number of amides is 3. The normalized spacial score (nSPS) is 13.6. The number of rotatable bonds is 4. The molecule has 35 heavy (non-hydrogen) atoms. The molecule has 0 saturated carbocycles. The fourth-order valence-electron chi connectivity index (χ4n) is 4.40. The number of carbonyl (C=O) groups is 3. The largest absolute Gasteiger partial charge is 0.351 e. The van der Waals surface area contributed by atoms with Crippen molar-refractivity contribution < 1.29 is 14.4 Å². The highest BCUT2D eigenvalue weighted by molar-refractivity contribution is 6.09. The molecule has 3 aromatic carbocycles. The second kappa shape index (κ2) is 9.46. The lowest BCUT2D eigenvalue weighted by atomic mass is 10.1. The van der Waals surface area contributed by atoms with Crippen LogP contribution in [0.2, 0.25) is 0 Å². The summed E-state index contributed by atoms with van der Waals surface area (Å²) in [5.74, 6) is -0.496. The Hall–Kier alpha value is -4.39. The molecule has 0 bridgehead atoms. The van der Waals surface area contributed by atoms with Crippen molar-refractivity contribution in [3.63, 3.8) is 0 Å². The molecule has 1 saturated heterocycles. The van der Waals surface area contributed by atoms with E-state index in [0.717, 1.165) is 16.5 Å². The minimum Gasteiger partial charge on any atom is -0.351 e. The Balaban J connectivity index is 1.25. The van der Waals surface area contributed by atoms with Crippen LogP contribution in [0.25, 0.3) is 10.9 Å². The molecule has 4 aromatic rings. The third-order valence-corrected chi connectivity index (χ3v) is 6.30. The van der Waals surface area contributed by atoms with Gasteiger partial charge in [-0.05, 0) is 43.3 Å². The number of H-pyrrole nitrogens is 1. The molecular formula is C28H26N4O3. The number of aryl methyl sites for hydroxylation is 1. The number of aromatic nitrogens is 1. The highest BCUT2D eigenvalue weighted by Crippen LogP contribution is 2.21. The van der Waals surface area contributed by atoms with Crippen LogP contribution in [-0.4, -0.2) is 58.7 Å². The smallest absolute Gasteiger partial charge is 0.270 e. The van der Waals surface area contributed by atoms with Crippen molar-refractivity contribution in [2.45, 2.75) is 6.92 Å². The van der Waals surface area contributed by atoms with E-state index in [-0.39, 0.29) is 17.7 Å². The summed E-state index contributed by atoms with van der Waals surface area (Å²) in [6, 6.07) is 24.0. The van der Waals surface area contributed by atoms with Crippen LogP contribution >= 0.6 is 0 Å². The number of nitrogens with one attached hydrogen (secondary N) is 2. The van der Waals surface area contributed by atoms with Gasteiger partial charge in [-0.25, -0.2) is 0 Å². The number of piperazine rings is 1. The number of hydrogen-bond acceptors (Lipinski definition) is 3. The number of nitrogens with zero attached hydrogens (tertiary/aromatic N) is 2. The summed E-state index contributed by atoms with van der Waals surface area (Å²) in [6.07, 6.45) is 0. The standard InChI is InChI=1S/C28H26N4O3/c1-19-7-6-9-21(17-19)26(33)30-24-12-5-3-10-22(24)27(34)31-13-15-32(16-14-31)28(35)25-18-20-8-2-4-11-23(20)29-25/h2-12,17-18,29H,13-16H2,1H3,(H,30,33). The molecule has 7 heteroatoms. The van der Waals surface area contributed by atoms with Crippen molar-refractivity contribution in [3.05, 3.63) is 101 Å². The molecule has 3 amide bonds. The van der Waals surface area contributed by atoms with Crippen LogP contribution in [0, 0.1) is 6.92 Å². The van der Waals surface area contributed by atoms with E-state index in [1.807, 2.05) is 55.5 Å². The Morgan fingerprint density at radius 1 is 0.771 bits per heavy atom. The third kappa shape index (κ3) is 4.66. The van der Waals surface area contributed by atoms with E-state index in [4.69, 9.17) is 0 Å². The maximum Gasteiger partial charge on any atom is 0.270 e. The van der Waals surface area contributed by atoms with E-state index in [1.165, 1.54) is 0 Å². The fourth-order valence-corrected chi connectivity index (χ4v) is 4.40. The molecule has 1 aromatic heterocycles. The number of hydrogen-bond donors (Lipinski definition) is 2. The van der Waals surface area contributed by atoms with Gasteiger partial charge < -0.3 is 20.1 Å². The molecule has 2 N–H and O–H groups in total. The summed E-state index contributed by atoms with van der Waals surface area (Å²) in [5, 5.41) is 3.87. The second-order valence-electron chi connectivity index (χ2n) is 8.72. The first-order valence-electron chi connectivity index (χ1n) is 11.6. The zero-order valence-electron chi connectivity index (χ0n) is 19.5. The molecular weight excluding hydrogens is 440 g/mol. The molecule has 5 rings (SSSR count). The number of para-hydroxylation sites is 2. The van der Waals surface area contributed by atoms with Gasteiger partial charge in [0.05, 0.1) is 11.3 Å². The van der Waals surface area contributed by atoms with Crippen molar-refractivity contribution >= 4 is 34.3 Å². The molecule has 1 fully saturated rings. The Morgan fingerprint density at radius 2 is 1.46 bits per heavy atom. The molecule has 0 atom stereocenters. The SMILES string of the molecule is Cc1cccc(C(=O)Nc2ccccc2C(=O)N2CCN(C(=O)c3cc4ccccc4[nH]3)CC2)c1. The van der Waals surface area contributed by atoms with E-state index in [0.29, 0.717) is 48.7 Å². The maximum absolute atomic E-state index is 13.3. The molecule has 0 unspecified atom stereocenters. The van der Waals surface area contributed by atoms with Gasteiger partial charge in [-0.15, -0.1) is 0 Å². The average molecular weight is 467 g/mol. The van der Waals surface area contributed by atoms with Crippen LogP contribution in [0.15, 0.2) is 78.9 Å². The van der Waals surface area contributed by atoms with E-state index in [2.05, 4.69) is 10.3 Å². The Bertz CT molecular complexity index is 1380. The summed E-state index contributed by atoms with van der Waals surface area (Å²) in [4.78, 5) is 45.7. The van der Waals surface area contributed by atoms with Gasteiger partial charge in [0.2, 0.25) is 0 Å². The van der Waals surface area contributed by atoms with Gasteiger partial charge in [0.25, 0.3) is 17.7 Å². The minimum absolute atomic E-state index is 0.0703. The zero-order chi connectivity index (χ0) is 24.4. The summed E-state index contributed by atoms with van der Waals surface area (Å²) in [6.45, 7) is 3.65. The fraction of sp³-hybridized carbons (Fsp3) is 0.179. The van der Waals surface area contributed by atoms with E-state index in [9.17, 15) is 14.4 Å². The van der Waals surface area contributed by atoms with Gasteiger partial charge in [-0.3, -0.25) is 14.4 Å². The van der Waals surface area contributed by atoms with Gasteiger partial charge in [0.15, 0.2) is 0 Å². The van der Waals surface area contributed by atoms with Gasteiger partial charge in [0.1, 0.15) is 5.69 Å². The topological polar surface area (TPSA) is 85.5 Å². The van der Waals surface area contributed by atoms with Crippen LogP contribution in [-0.2, 0) is 0 Å². The average Bonchev–Trinajstić information content (AvgIpc) is 3.33. The summed E-state index contributed by atoms with van der Waals surface area (Å²) >= 11 is 0. The van der Waals surface area contributed by atoms with E-state index < -0.39 is 0 Å². The van der Waals surface area contributed by atoms with Crippen LogP contribution < -0.4 is 5.32 Å². The monoisotopic (exact) mass is 466 g/mol. The first-order valence-corrected chi connectivity index (χ1v) is 11.6. The van der Waals surface area contributed by atoms with Crippen molar-refractivity contribution in [1.82, 2.24) is 14.8 Å². The summed E-state index contributed by atoms with van der Waals surface area (Å²) in [7, 11) is 0. The molecule has 0 aliphatic carbocycles. The highest BCUT2D eigenvalue weighted by Gasteiger charge is 2.27. The minimum atomic E-state index is -0.261. The lowest BCUT2D eigenvalue weighted by molar-refractivity contribution is 0.0533. The predicted molar refractivity (Wildman–Crippen MR) is 136 cm³/mol. The van der Waals surface area contributed by atoms with Crippen molar-refractivity contribution in [3.8, 4) is 0 Å². The van der Waals surface area contributed by atoms with Crippen molar-refractivity contribution in [2.75, 3.05) is 31.5 Å². The second-order valence-corrected chi connectivity index (χ2v) is 8.72. The van der Waals surface area contributed by atoms with Crippen LogP contribution in [0.5, 0.6) is 0 Å². The zero-order valence-corrected chi connectivity index (χ0v) is 19.5. The predicted octanol–water partition coefficient (Wildman–Crippen LogP) is 4.33. The van der Waals surface area contributed by atoms with Gasteiger partial charge >= 0.3 is 0 Å². The quantitative estimate of drug-likeness (QED) is 0.470. The number of benzene rings is 3. The van der Waals surface area contributed by atoms with Gasteiger partial charge in [-0.2, -0.15) is 0 Å². The van der Waals surface area contributed by atoms with E-state index >= 15 is 0 Å². The summed E-state index contributed by atoms with van der Waals surface area (Å²) < 4.78 is 0. The maximum atomic E-state index is 13.3. The van der Waals surface area contributed by atoms with Crippen LogP contribution in [0.1, 0.15) is 36.8 Å². The lowest BCUT2D eigenvalue weighted by Gasteiger charge is -2.35. The number of anilines is 1. The number of carbonyl (C=O) groups excluding carboxylic acids is 3. The van der Waals surface area contributed by atoms with Crippen molar-refractivity contribution in [1.29, 1.82) is 0 Å². The molecule has 176 valence electrons. The number of fused-ring (bicyclic) bond motifs is 1. The molecule has 1 aliphatic heterocycles. The molecule has 0 spiro atoms. The van der Waals surface area contributed by atoms with Crippen LogP contribution in [0.4, 0.5) is 5.69 Å². The Morgan fingerprint density at radius 3 is 2.20 bits per heavy atom. The van der Waals surface area contributed by atoms with E-state index in [1.54, 1.807) is 40.1 Å². The molecule has 1 aliphatic rings. The molecule has 0 radical (unpaired) electrons. The third-order valence-electron chi connectivity index (χ3n) is 6.30. The Kier molecular flexibility index (Phi) is 6.06. The Labute approximate surface area is 203 Å². The van der Waals surface area contributed by atoms with Crippen molar-refractivity contribution in [2.24, 2.45) is 0 Å². The highest BCUT2D eigenvalue weighted by atomic mass is 16.2. The molecule has 2 heterocycles. The lowest BCUT2D eigenvalue weighted by Crippen LogP contribution is -2.50.